The molecule has 2 atom stereocenters. The van der Waals surface area contributed by atoms with Crippen LogP contribution in [0.4, 0.5) is 0 Å². The van der Waals surface area contributed by atoms with Gasteiger partial charge in [0.1, 0.15) is 0 Å². The van der Waals surface area contributed by atoms with Gasteiger partial charge in [0.15, 0.2) is 4.60 Å². The molecule has 1 aromatic heterocycles. The van der Waals surface area contributed by atoms with Crippen molar-refractivity contribution in [2.45, 2.75) is 31.4 Å². The molecule has 1 aliphatic rings. The molecule has 0 spiro atoms. The van der Waals surface area contributed by atoms with Crippen LogP contribution in [0, 0.1) is 0 Å². The van der Waals surface area contributed by atoms with Gasteiger partial charge in [-0.05, 0) is 42.2 Å². The molecule has 1 saturated heterocycles. The second-order valence-electron chi connectivity index (χ2n) is 4.10. The van der Waals surface area contributed by atoms with Crippen LogP contribution in [0.1, 0.15) is 31.0 Å². The third kappa shape index (κ3) is 2.44. The Bertz CT molecular complexity index is 329. The fourth-order valence-corrected chi connectivity index (χ4v) is 2.77. The molecule has 0 aromatic carbocycles. The van der Waals surface area contributed by atoms with Gasteiger partial charge in [0.2, 0.25) is 0 Å². The Kier molecular flexibility index (Phi) is 3.94. The van der Waals surface area contributed by atoms with E-state index in [2.05, 4.69) is 31.6 Å². The average molecular weight is 289 g/mol. The van der Waals surface area contributed by atoms with Crippen molar-refractivity contribution < 1.29 is 4.74 Å². The van der Waals surface area contributed by atoms with Crippen LogP contribution in [0.25, 0.3) is 0 Å². The van der Waals surface area contributed by atoms with Crippen LogP contribution in [0.5, 0.6) is 0 Å². The molecule has 1 aromatic rings. The number of aryl methyl sites for hydroxylation is 1. The number of nitrogens with one attached hydrogen (secondary N) is 1. The monoisotopic (exact) mass is 288 g/mol. The Hall–Kier alpha value is -0.460. The van der Waals surface area contributed by atoms with Crippen molar-refractivity contribution in [3.05, 3.63) is 10.3 Å². The largest absolute Gasteiger partial charge is 0.378 e. The van der Waals surface area contributed by atoms with Crippen LogP contribution in [0.15, 0.2) is 4.60 Å². The van der Waals surface area contributed by atoms with Gasteiger partial charge in [0.25, 0.3) is 0 Å². The van der Waals surface area contributed by atoms with E-state index >= 15 is 0 Å². The third-order valence-electron chi connectivity index (χ3n) is 3.03. The zero-order chi connectivity index (χ0) is 11.5. The van der Waals surface area contributed by atoms with Gasteiger partial charge in [-0.1, -0.05) is 5.21 Å². The van der Waals surface area contributed by atoms with E-state index in [1.165, 1.54) is 6.42 Å². The maximum absolute atomic E-state index is 5.66. The van der Waals surface area contributed by atoms with Crippen molar-refractivity contribution in [2.24, 2.45) is 7.05 Å². The highest BCUT2D eigenvalue weighted by atomic mass is 79.9. The first kappa shape index (κ1) is 12.0. The summed E-state index contributed by atoms with van der Waals surface area (Å²) in [5.74, 6) is 0. The van der Waals surface area contributed by atoms with Crippen LogP contribution in [-0.4, -0.2) is 34.8 Å². The molecule has 2 heterocycles. The molecular weight excluding hydrogens is 272 g/mol. The summed E-state index contributed by atoms with van der Waals surface area (Å²) in [5, 5.41) is 11.3. The molecule has 0 radical (unpaired) electrons. The number of rotatable bonds is 4. The highest BCUT2D eigenvalue weighted by Gasteiger charge is 2.25. The van der Waals surface area contributed by atoms with Crippen LogP contribution in [0.3, 0.4) is 0 Å². The molecule has 0 saturated carbocycles. The van der Waals surface area contributed by atoms with Crippen molar-refractivity contribution in [3.63, 3.8) is 0 Å². The van der Waals surface area contributed by atoms with E-state index in [9.17, 15) is 0 Å². The fourth-order valence-electron chi connectivity index (χ4n) is 2.17. The molecule has 0 aliphatic carbocycles. The minimum absolute atomic E-state index is 0.234. The summed E-state index contributed by atoms with van der Waals surface area (Å²) in [4.78, 5) is 0. The predicted molar refractivity (Wildman–Crippen MR) is 64.1 cm³/mol. The number of ether oxygens (including phenoxy) is 1. The van der Waals surface area contributed by atoms with E-state index in [1.54, 1.807) is 4.68 Å². The predicted octanol–water partition coefficient (Wildman–Crippen LogP) is 1.41. The van der Waals surface area contributed by atoms with Gasteiger partial charge in [0.05, 0.1) is 17.8 Å². The lowest BCUT2D eigenvalue weighted by Gasteiger charge is -2.19. The summed E-state index contributed by atoms with van der Waals surface area (Å²) in [6.45, 7) is 0.895. The molecule has 2 rings (SSSR count). The summed E-state index contributed by atoms with van der Waals surface area (Å²) in [6, 6.07) is 0.234. The molecular formula is C10H17BrN4O. The molecule has 16 heavy (non-hydrogen) atoms. The maximum Gasteiger partial charge on any atom is 0.153 e. The zero-order valence-electron chi connectivity index (χ0n) is 9.61. The fraction of sp³-hybridized carbons (Fsp3) is 0.800. The average Bonchev–Trinajstić information content (AvgIpc) is 2.87. The summed E-state index contributed by atoms with van der Waals surface area (Å²) < 4.78 is 8.28. The van der Waals surface area contributed by atoms with Crippen LogP contribution >= 0.6 is 15.9 Å². The summed E-state index contributed by atoms with van der Waals surface area (Å²) >= 11 is 3.43. The number of hydrogen-bond acceptors (Lipinski definition) is 4. The minimum Gasteiger partial charge on any atom is -0.378 e. The van der Waals surface area contributed by atoms with Gasteiger partial charge in [-0.3, -0.25) is 0 Å². The standard InChI is InChI=1S/C10H17BrN4O/c1-12-8(6-7-4-3-5-16-7)9-10(11)13-14-15(9)2/h7-8,12H,3-6H2,1-2H3. The smallest absolute Gasteiger partial charge is 0.153 e. The van der Waals surface area contributed by atoms with Gasteiger partial charge in [-0.15, -0.1) is 5.10 Å². The number of aromatic nitrogens is 3. The third-order valence-corrected chi connectivity index (χ3v) is 3.59. The van der Waals surface area contributed by atoms with Crippen LogP contribution in [0.2, 0.25) is 0 Å². The van der Waals surface area contributed by atoms with E-state index in [1.807, 2.05) is 14.1 Å². The Balaban J connectivity index is 2.09. The van der Waals surface area contributed by atoms with Gasteiger partial charge in [0, 0.05) is 13.7 Å². The van der Waals surface area contributed by atoms with E-state index in [-0.39, 0.29) is 6.04 Å². The molecule has 2 unspecified atom stereocenters. The van der Waals surface area contributed by atoms with Gasteiger partial charge < -0.3 is 10.1 Å². The summed E-state index contributed by atoms with van der Waals surface area (Å²) in [7, 11) is 3.87. The maximum atomic E-state index is 5.66. The quantitative estimate of drug-likeness (QED) is 0.910. The molecule has 1 fully saturated rings. The second kappa shape index (κ2) is 5.25. The second-order valence-corrected chi connectivity index (χ2v) is 4.85. The van der Waals surface area contributed by atoms with Crippen LogP contribution < -0.4 is 5.32 Å². The first-order valence-electron chi connectivity index (χ1n) is 5.56. The van der Waals surface area contributed by atoms with Crippen molar-refractivity contribution in [1.29, 1.82) is 0 Å². The van der Waals surface area contributed by atoms with Gasteiger partial charge >= 0.3 is 0 Å². The molecule has 1 N–H and O–H groups in total. The molecule has 90 valence electrons. The number of nitrogens with zero attached hydrogens (tertiary/aromatic N) is 3. The Labute approximate surface area is 104 Å². The van der Waals surface area contributed by atoms with E-state index in [0.29, 0.717) is 6.10 Å². The Morgan fingerprint density at radius 2 is 2.50 bits per heavy atom. The topological polar surface area (TPSA) is 52.0 Å². The lowest BCUT2D eigenvalue weighted by molar-refractivity contribution is 0.0945. The molecule has 6 heteroatoms. The minimum atomic E-state index is 0.234. The molecule has 0 amide bonds. The normalized spacial score (nSPS) is 22.6. The Morgan fingerprint density at radius 3 is 3.00 bits per heavy atom. The van der Waals surface area contributed by atoms with Crippen molar-refractivity contribution in [3.8, 4) is 0 Å². The SMILES string of the molecule is CNC(CC1CCCO1)c1c(Br)nnn1C. The van der Waals surface area contributed by atoms with Crippen LogP contribution in [-0.2, 0) is 11.8 Å². The van der Waals surface area contributed by atoms with E-state index in [0.717, 1.165) is 29.7 Å². The first-order chi connectivity index (χ1) is 7.72. The van der Waals surface area contributed by atoms with E-state index < -0.39 is 0 Å². The highest BCUT2D eigenvalue weighted by molar-refractivity contribution is 9.10. The van der Waals surface area contributed by atoms with Crippen molar-refractivity contribution >= 4 is 15.9 Å². The molecule has 5 nitrogen and oxygen atoms in total. The Morgan fingerprint density at radius 1 is 1.69 bits per heavy atom. The van der Waals surface area contributed by atoms with Gasteiger partial charge in [-0.2, -0.15) is 0 Å². The highest BCUT2D eigenvalue weighted by Crippen LogP contribution is 2.27. The van der Waals surface area contributed by atoms with E-state index in [4.69, 9.17) is 4.74 Å². The molecule has 1 aliphatic heterocycles. The number of halogens is 1. The lowest BCUT2D eigenvalue weighted by atomic mass is 10.0. The van der Waals surface area contributed by atoms with Crippen molar-refractivity contribution in [1.82, 2.24) is 20.3 Å². The van der Waals surface area contributed by atoms with Gasteiger partial charge in [-0.25, -0.2) is 4.68 Å². The first-order valence-corrected chi connectivity index (χ1v) is 6.35. The zero-order valence-corrected chi connectivity index (χ0v) is 11.2. The van der Waals surface area contributed by atoms with Crippen molar-refractivity contribution in [2.75, 3.05) is 13.7 Å². The summed E-state index contributed by atoms with van der Waals surface area (Å²) in [5.41, 5.74) is 1.08. The lowest BCUT2D eigenvalue weighted by Crippen LogP contribution is -2.24. The number of hydrogen-bond donors (Lipinski definition) is 1. The molecule has 0 bridgehead atoms. The summed E-state index contributed by atoms with van der Waals surface area (Å²) in [6.07, 6.45) is 3.66.